The number of carbonyl (C=O) groups excluding carboxylic acids is 1. The van der Waals surface area contributed by atoms with E-state index >= 15 is 0 Å². The van der Waals surface area contributed by atoms with Crippen molar-refractivity contribution in [2.75, 3.05) is 12.8 Å². The van der Waals surface area contributed by atoms with Gasteiger partial charge in [0.1, 0.15) is 6.04 Å². The van der Waals surface area contributed by atoms with Gasteiger partial charge in [-0.3, -0.25) is 4.79 Å². The molecule has 1 aromatic heterocycles. The molecule has 1 amide bonds. The number of benzene rings is 1. The van der Waals surface area contributed by atoms with Crippen LogP contribution in [0, 0.1) is 0 Å². The second-order valence-corrected chi connectivity index (χ2v) is 7.24. The van der Waals surface area contributed by atoms with Crippen LogP contribution in [-0.2, 0) is 21.4 Å². The number of amides is 1. The van der Waals surface area contributed by atoms with E-state index in [4.69, 9.17) is 4.52 Å². The van der Waals surface area contributed by atoms with Crippen LogP contribution in [0.1, 0.15) is 5.82 Å². The van der Waals surface area contributed by atoms with Crippen LogP contribution in [0.3, 0.4) is 0 Å². The zero-order valence-corrected chi connectivity index (χ0v) is 13.7. The number of nitrogens with one attached hydrogen (secondary N) is 1. The molecule has 1 N–H and O–H groups in total. The summed E-state index contributed by atoms with van der Waals surface area (Å²) in [6.45, 7) is 0.244. The van der Waals surface area contributed by atoms with Gasteiger partial charge >= 0.3 is 0 Å². The molecule has 0 saturated heterocycles. The fourth-order valence-corrected chi connectivity index (χ4v) is 3.29. The molecule has 0 spiro atoms. The predicted octanol–water partition coefficient (Wildman–Crippen LogP) is 0.553. The minimum atomic E-state index is -3.45. The number of rotatable bonds is 5. The molecule has 1 aliphatic rings. The maximum atomic E-state index is 12.2. The number of hydrogen-bond donors (Lipinski definition) is 1. The molecular formula is C15H16N4O4S. The van der Waals surface area contributed by atoms with Gasteiger partial charge in [0, 0.05) is 12.1 Å². The smallest absolute Gasteiger partial charge is 0.257 e. The monoisotopic (exact) mass is 348 g/mol. The third-order valence-corrected chi connectivity index (χ3v) is 4.75. The summed E-state index contributed by atoms with van der Waals surface area (Å²) in [6, 6.07) is 8.41. The Balaban J connectivity index is 1.63. The molecule has 0 aliphatic carbocycles. The minimum Gasteiger partial charge on any atom is -0.347 e. The largest absolute Gasteiger partial charge is 0.347 e. The highest BCUT2D eigenvalue weighted by Gasteiger charge is 2.32. The molecule has 0 radical (unpaired) electrons. The van der Waals surface area contributed by atoms with E-state index in [0.717, 1.165) is 16.1 Å². The summed E-state index contributed by atoms with van der Waals surface area (Å²) in [5.41, 5.74) is 0.782. The van der Waals surface area contributed by atoms with Crippen LogP contribution in [0.2, 0.25) is 0 Å². The first kappa shape index (κ1) is 16.3. The van der Waals surface area contributed by atoms with Gasteiger partial charge < -0.3 is 9.84 Å². The number of aromatic nitrogens is 2. The molecule has 0 saturated carbocycles. The maximum absolute atomic E-state index is 12.2. The van der Waals surface area contributed by atoms with E-state index < -0.39 is 22.0 Å². The van der Waals surface area contributed by atoms with Crippen molar-refractivity contribution in [1.82, 2.24) is 19.8 Å². The second kappa shape index (κ2) is 6.54. The summed E-state index contributed by atoms with van der Waals surface area (Å²) >= 11 is 0. The van der Waals surface area contributed by atoms with Gasteiger partial charge in [0.2, 0.25) is 15.9 Å². The normalized spacial score (nSPS) is 18.0. The lowest BCUT2D eigenvalue weighted by Crippen LogP contribution is -2.45. The van der Waals surface area contributed by atoms with E-state index in [1.165, 1.54) is 0 Å². The minimum absolute atomic E-state index is 0.0527. The summed E-state index contributed by atoms with van der Waals surface area (Å²) in [6.07, 6.45) is 4.28. The van der Waals surface area contributed by atoms with E-state index in [2.05, 4.69) is 15.5 Å². The van der Waals surface area contributed by atoms with Crippen LogP contribution in [0.15, 0.2) is 47.0 Å². The lowest BCUT2D eigenvalue weighted by atomic mass is 10.2. The number of carbonyl (C=O) groups is 1. The summed E-state index contributed by atoms with van der Waals surface area (Å²) < 4.78 is 29.6. The van der Waals surface area contributed by atoms with E-state index in [9.17, 15) is 13.2 Å². The average molecular weight is 348 g/mol. The Morgan fingerprint density at radius 3 is 2.83 bits per heavy atom. The zero-order chi connectivity index (χ0) is 17.2. The molecule has 2 heterocycles. The van der Waals surface area contributed by atoms with E-state index in [1.54, 1.807) is 12.2 Å². The Labute approximate surface area is 139 Å². The summed E-state index contributed by atoms with van der Waals surface area (Å²) in [7, 11) is -3.45. The van der Waals surface area contributed by atoms with Crippen LogP contribution < -0.4 is 5.32 Å². The van der Waals surface area contributed by atoms with Gasteiger partial charge in [0.05, 0.1) is 12.8 Å². The summed E-state index contributed by atoms with van der Waals surface area (Å²) in [5, 5.41) is 6.43. The second-order valence-electron chi connectivity index (χ2n) is 5.31. The highest BCUT2D eigenvalue weighted by atomic mass is 32.2. The summed E-state index contributed by atoms with van der Waals surface area (Å²) in [5.74, 6) is 0.244. The molecule has 0 bridgehead atoms. The van der Waals surface area contributed by atoms with E-state index in [-0.39, 0.29) is 13.1 Å². The SMILES string of the molecule is CS(=O)(=O)N1CC=C[C@H]1C(=O)NCc1noc(-c2ccccc2)n1. The van der Waals surface area contributed by atoms with Crippen LogP contribution in [0.4, 0.5) is 0 Å². The first-order valence-electron chi connectivity index (χ1n) is 7.24. The molecule has 1 aromatic carbocycles. The van der Waals surface area contributed by atoms with Crippen LogP contribution in [0.25, 0.3) is 11.5 Å². The van der Waals surface area contributed by atoms with Gasteiger partial charge in [-0.1, -0.05) is 35.5 Å². The Hall–Kier alpha value is -2.52. The molecule has 3 rings (SSSR count). The van der Waals surface area contributed by atoms with E-state index in [0.29, 0.717) is 11.7 Å². The first-order valence-corrected chi connectivity index (χ1v) is 9.09. The Morgan fingerprint density at radius 2 is 2.12 bits per heavy atom. The fraction of sp³-hybridized carbons (Fsp3) is 0.267. The van der Waals surface area contributed by atoms with Gasteiger partial charge in [-0.2, -0.15) is 9.29 Å². The number of hydrogen-bond acceptors (Lipinski definition) is 6. The van der Waals surface area contributed by atoms with Crippen LogP contribution in [0.5, 0.6) is 0 Å². The van der Waals surface area contributed by atoms with Gasteiger partial charge in [-0.25, -0.2) is 8.42 Å². The number of nitrogens with zero attached hydrogens (tertiary/aromatic N) is 3. The van der Waals surface area contributed by atoms with Gasteiger partial charge in [-0.15, -0.1) is 0 Å². The molecule has 2 aromatic rings. The highest BCUT2D eigenvalue weighted by molar-refractivity contribution is 7.88. The third kappa shape index (κ3) is 3.52. The van der Waals surface area contributed by atoms with Crippen molar-refractivity contribution in [2.24, 2.45) is 0 Å². The van der Waals surface area contributed by atoms with Crippen LogP contribution >= 0.6 is 0 Å². The molecule has 9 heteroatoms. The predicted molar refractivity (Wildman–Crippen MR) is 86.1 cm³/mol. The molecule has 1 aliphatic heterocycles. The standard InChI is InChI=1S/C15H16N4O4S/c1-24(21,22)19-9-5-8-12(19)14(20)16-10-13-17-15(23-18-13)11-6-3-2-4-7-11/h2-8,12H,9-10H2,1H3,(H,16,20)/t12-/m0/s1. The molecule has 8 nitrogen and oxygen atoms in total. The topological polar surface area (TPSA) is 105 Å². The van der Waals surface area contributed by atoms with Crippen molar-refractivity contribution in [3.05, 3.63) is 48.3 Å². The lowest BCUT2D eigenvalue weighted by molar-refractivity contribution is -0.123. The molecule has 126 valence electrons. The van der Waals surface area contributed by atoms with Crippen molar-refractivity contribution in [2.45, 2.75) is 12.6 Å². The van der Waals surface area contributed by atoms with Crippen LogP contribution in [-0.4, -0.2) is 47.6 Å². The molecule has 1 atom stereocenters. The van der Waals surface area contributed by atoms with Gasteiger partial charge in [0.15, 0.2) is 5.82 Å². The molecule has 0 unspecified atom stereocenters. The summed E-state index contributed by atoms with van der Waals surface area (Å²) in [4.78, 5) is 16.4. The van der Waals surface area contributed by atoms with Crippen molar-refractivity contribution in [1.29, 1.82) is 0 Å². The maximum Gasteiger partial charge on any atom is 0.257 e. The fourth-order valence-electron chi connectivity index (χ4n) is 2.36. The number of sulfonamides is 1. The van der Waals surface area contributed by atoms with Gasteiger partial charge in [0.25, 0.3) is 5.89 Å². The molecular weight excluding hydrogens is 332 g/mol. The van der Waals surface area contributed by atoms with Crippen molar-refractivity contribution >= 4 is 15.9 Å². The lowest BCUT2D eigenvalue weighted by Gasteiger charge is -2.20. The first-order chi connectivity index (χ1) is 11.4. The van der Waals surface area contributed by atoms with Crippen molar-refractivity contribution in [3.63, 3.8) is 0 Å². The zero-order valence-electron chi connectivity index (χ0n) is 12.9. The molecule has 24 heavy (non-hydrogen) atoms. The Kier molecular flexibility index (Phi) is 4.45. The van der Waals surface area contributed by atoms with E-state index in [1.807, 2.05) is 30.3 Å². The van der Waals surface area contributed by atoms with Crippen molar-refractivity contribution in [3.8, 4) is 11.5 Å². The average Bonchev–Trinajstić information content (AvgIpc) is 3.22. The highest BCUT2D eigenvalue weighted by Crippen LogP contribution is 2.16. The van der Waals surface area contributed by atoms with Gasteiger partial charge in [-0.05, 0) is 12.1 Å². The Morgan fingerprint density at radius 1 is 1.38 bits per heavy atom. The van der Waals surface area contributed by atoms with Crippen molar-refractivity contribution < 1.29 is 17.7 Å². The quantitative estimate of drug-likeness (QED) is 0.791. The third-order valence-electron chi connectivity index (χ3n) is 3.52. The Bertz CT molecular complexity index is 861. The molecule has 0 fully saturated rings.